The lowest BCUT2D eigenvalue weighted by Crippen LogP contribution is -1.94. The van der Waals surface area contributed by atoms with Crippen molar-refractivity contribution < 1.29 is 0 Å². The molecule has 18 heavy (non-hydrogen) atoms. The third kappa shape index (κ3) is 2.09. The Hall–Kier alpha value is -1.87. The highest BCUT2D eigenvalue weighted by Crippen LogP contribution is 2.26. The first-order valence-electron chi connectivity index (χ1n) is 5.70. The quantitative estimate of drug-likeness (QED) is 0.690. The molecule has 0 amide bonds. The van der Waals surface area contributed by atoms with Crippen LogP contribution in [0.4, 0.5) is 0 Å². The Morgan fingerprint density at radius 1 is 0.833 bits per heavy atom. The largest absolute Gasteiger partial charge is 0.240 e. The summed E-state index contributed by atoms with van der Waals surface area (Å²) in [6, 6.07) is 20.2. The van der Waals surface area contributed by atoms with Gasteiger partial charge >= 0.3 is 0 Å². The van der Waals surface area contributed by atoms with Crippen LogP contribution in [0.5, 0.6) is 0 Å². The maximum absolute atomic E-state index is 4.60. The summed E-state index contributed by atoms with van der Waals surface area (Å²) in [5, 5.41) is 4.60. The van der Waals surface area contributed by atoms with E-state index < -0.39 is 0 Å². The molecule has 88 valence electrons. The average Bonchev–Trinajstić information content (AvgIpc) is 2.90. The van der Waals surface area contributed by atoms with Gasteiger partial charge in [-0.15, -0.1) is 0 Å². The van der Waals surface area contributed by atoms with E-state index in [1.54, 1.807) is 0 Å². The SMILES string of the molecule is Brc1ccccc1-c1ccn(-c2ccccc2)n1. The van der Waals surface area contributed by atoms with Crippen molar-refractivity contribution in [3.63, 3.8) is 0 Å². The van der Waals surface area contributed by atoms with Gasteiger partial charge in [-0.2, -0.15) is 5.10 Å². The minimum Gasteiger partial charge on any atom is -0.240 e. The van der Waals surface area contributed by atoms with Crippen molar-refractivity contribution in [2.24, 2.45) is 0 Å². The molecule has 3 aromatic rings. The summed E-state index contributed by atoms with van der Waals surface area (Å²) in [5.74, 6) is 0. The smallest absolute Gasteiger partial charge is 0.0938 e. The molecule has 0 N–H and O–H groups in total. The van der Waals surface area contributed by atoms with Gasteiger partial charge < -0.3 is 0 Å². The zero-order valence-electron chi connectivity index (χ0n) is 9.62. The molecule has 0 atom stereocenters. The number of hydrogen-bond acceptors (Lipinski definition) is 1. The molecule has 0 bridgehead atoms. The lowest BCUT2D eigenvalue weighted by Gasteiger charge is -2.01. The number of aromatic nitrogens is 2. The Labute approximate surface area is 114 Å². The topological polar surface area (TPSA) is 17.8 Å². The molecule has 0 fully saturated rings. The lowest BCUT2D eigenvalue weighted by molar-refractivity contribution is 0.884. The van der Waals surface area contributed by atoms with Crippen LogP contribution in [0.3, 0.4) is 0 Å². The van der Waals surface area contributed by atoms with Crippen molar-refractivity contribution in [1.82, 2.24) is 9.78 Å². The summed E-state index contributed by atoms with van der Waals surface area (Å²) in [6.45, 7) is 0. The summed E-state index contributed by atoms with van der Waals surface area (Å²) >= 11 is 3.55. The molecule has 3 rings (SSSR count). The number of rotatable bonds is 2. The van der Waals surface area contributed by atoms with Crippen molar-refractivity contribution in [2.75, 3.05) is 0 Å². The van der Waals surface area contributed by atoms with Crippen LogP contribution in [0.1, 0.15) is 0 Å². The molecule has 1 heterocycles. The van der Waals surface area contributed by atoms with Crippen LogP contribution in [0.15, 0.2) is 71.3 Å². The van der Waals surface area contributed by atoms with Crippen LogP contribution in [0, 0.1) is 0 Å². The van der Waals surface area contributed by atoms with Crippen molar-refractivity contribution >= 4 is 15.9 Å². The molecule has 0 aliphatic carbocycles. The zero-order chi connectivity index (χ0) is 12.4. The van der Waals surface area contributed by atoms with Gasteiger partial charge in [-0.1, -0.05) is 52.3 Å². The summed E-state index contributed by atoms with van der Waals surface area (Å²) in [7, 11) is 0. The van der Waals surface area contributed by atoms with E-state index in [2.05, 4.69) is 27.1 Å². The predicted octanol–water partition coefficient (Wildman–Crippen LogP) is 4.30. The average molecular weight is 299 g/mol. The van der Waals surface area contributed by atoms with E-state index >= 15 is 0 Å². The molecular formula is C15H11BrN2. The van der Waals surface area contributed by atoms with Gasteiger partial charge in [-0.05, 0) is 24.3 Å². The maximum atomic E-state index is 4.60. The second kappa shape index (κ2) is 4.78. The predicted molar refractivity (Wildman–Crippen MR) is 76.7 cm³/mol. The van der Waals surface area contributed by atoms with Crippen molar-refractivity contribution in [3.05, 3.63) is 71.3 Å². The molecule has 0 saturated heterocycles. The van der Waals surface area contributed by atoms with E-state index in [9.17, 15) is 0 Å². The van der Waals surface area contributed by atoms with E-state index in [-0.39, 0.29) is 0 Å². The second-order valence-electron chi connectivity index (χ2n) is 3.96. The maximum Gasteiger partial charge on any atom is 0.0938 e. The molecule has 0 saturated carbocycles. The molecule has 0 aliphatic rings. The fourth-order valence-corrected chi connectivity index (χ4v) is 2.35. The number of nitrogens with zero attached hydrogens (tertiary/aromatic N) is 2. The van der Waals surface area contributed by atoms with Gasteiger partial charge in [0.05, 0.1) is 11.4 Å². The van der Waals surface area contributed by atoms with Gasteiger partial charge in [-0.3, -0.25) is 0 Å². The van der Waals surface area contributed by atoms with Gasteiger partial charge in [0.2, 0.25) is 0 Å². The Morgan fingerprint density at radius 3 is 2.33 bits per heavy atom. The highest BCUT2D eigenvalue weighted by Gasteiger charge is 2.06. The fourth-order valence-electron chi connectivity index (χ4n) is 1.86. The standard InChI is InChI=1S/C15H11BrN2/c16-14-9-5-4-8-13(14)15-10-11-18(17-15)12-6-2-1-3-7-12/h1-11H. The van der Waals surface area contributed by atoms with E-state index in [1.807, 2.05) is 65.5 Å². The first kappa shape index (κ1) is 11.2. The first-order valence-corrected chi connectivity index (χ1v) is 6.50. The normalized spacial score (nSPS) is 10.5. The summed E-state index contributed by atoms with van der Waals surface area (Å²) in [5.41, 5.74) is 3.13. The molecule has 0 spiro atoms. The molecule has 0 aliphatic heterocycles. The van der Waals surface area contributed by atoms with Crippen LogP contribution in [0.25, 0.3) is 16.9 Å². The molecule has 2 nitrogen and oxygen atoms in total. The Balaban J connectivity index is 2.03. The highest BCUT2D eigenvalue weighted by atomic mass is 79.9. The summed E-state index contributed by atoms with van der Waals surface area (Å²) < 4.78 is 2.94. The van der Waals surface area contributed by atoms with E-state index in [4.69, 9.17) is 0 Å². The molecular weight excluding hydrogens is 288 g/mol. The van der Waals surface area contributed by atoms with Crippen LogP contribution in [0.2, 0.25) is 0 Å². The summed E-state index contributed by atoms with van der Waals surface area (Å²) in [6.07, 6.45) is 1.98. The molecule has 1 aromatic heterocycles. The second-order valence-corrected chi connectivity index (χ2v) is 4.82. The number of para-hydroxylation sites is 1. The van der Waals surface area contributed by atoms with Gasteiger partial charge in [-0.25, -0.2) is 4.68 Å². The van der Waals surface area contributed by atoms with Crippen molar-refractivity contribution in [3.8, 4) is 16.9 Å². The monoisotopic (exact) mass is 298 g/mol. The number of halogens is 1. The summed E-state index contributed by atoms with van der Waals surface area (Å²) in [4.78, 5) is 0. The lowest BCUT2D eigenvalue weighted by atomic mass is 10.2. The van der Waals surface area contributed by atoms with Crippen LogP contribution >= 0.6 is 15.9 Å². The van der Waals surface area contributed by atoms with Gasteiger partial charge in [0.15, 0.2) is 0 Å². The highest BCUT2D eigenvalue weighted by molar-refractivity contribution is 9.10. The number of benzene rings is 2. The first-order chi connectivity index (χ1) is 8.84. The Bertz CT molecular complexity index is 659. The van der Waals surface area contributed by atoms with Crippen LogP contribution < -0.4 is 0 Å². The third-order valence-corrected chi connectivity index (χ3v) is 3.45. The zero-order valence-corrected chi connectivity index (χ0v) is 11.2. The fraction of sp³-hybridized carbons (Fsp3) is 0. The van der Waals surface area contributed by atoms with Crippen LogP contribution in [-0.4, -0.2) is 9.78 Å². The molecule has 0 unspecified atom stereocenters. The number of hydrogen-bond donors (Lipinski definition) is 0. The van der Waals surface area contributed by atoms with E-state index in [1.165, 1.54) is 0 Å². The van der Waals surface area contributed by atoms with Crippen LogP contribution in [-0.2, 0) is 0 Å². The minimum atomic E-state index is 0.964. The van der Waals surface area contributed by atoms with E-state index in [0.717, 1.165) is 21.4 Å². The van der Waals surface area contributed by atoms with Gasteiger partial charge in [0.25, 0.3) is 0 Å². The van der Waals surface area contributed by atoms with Crippen molar-refractivity contribution in [2.45, 2.75) is 0 Å². The molecule has 2 aromatic carbocycles. The van der Waals surface area contributed by atoms with E-state index in [0.29, 0.717) is 0 Å². The molecule has 3 heteroatoms. The van der Waals surface area contributed by atoms with Gasteiger partial charge in [0.1, 0.15) is 0 Å². The minimum absolute atomic E-state index is 0.964. The van der Waals surface area contributed by atoms with Crippen molar-refractivity contribution in [1.29, 1.82) is 0 Å². The Kier molecular flexibility index (Phi) is 2.99. The Morgan fingerprint density at radius 2 is 1.56 bits per heavy atom. The molecule has 0 radical (unpaired) electrons. The third-order valence-electron chi connectivity index (χ3n) is 2.76. The van der Waals surface area contributed by atoms with Gasteiger partial charge in [0, 0.05) is 16.2 Å².